The van der Waals surface area contributed by atoms with Gasteiger partial charge in [0.1, 0.15) is 5.82 Å². The molecular formula is C20H24FN3O. The van der Waals surface area contributed by atoms with E-state index in [1.807, 2.05) is 61.3 Å². The van der Waals surface area contributed by atoms with Crippen LogP contribution in [0.25, 0.3) is 0 Å². The predicted octanol–water partition coefficient (Wildman–Crippen LogP) is 3.00. The quantitative estimate of drug-likeness (QED) is 0.855. The summed E-state index contributed by atoms with van der Waals surface area (Å²) in [6.45, 7) is 4.86. The minimum atomic E-state index is -0.201. The van der Waals surface area contributed by atoms with Crippen molar-refractivity contribution in [3.8, 4) is 0 Å². The van der Waals surface area contributed by atoms with Gasteiger partial charge >= 0.3 is 0 Å². The smallest absolute Gasteiger partial charge is 0.243 e. The number of nitrogens with zero attached hydrogens (tertiary/aromatic N) is 3. The number of anilines is 2. The third kappa shape index (κ3) is 3.82. The van der Waals surface area contributed by atoms with E-state index in [2.05, 4.69) is 4.90 Å². The summed E-state index contributed by atoms with van der Waals surface area (Å²) >= 11 is 0. The molecule has 1 unspecified atom stereocenters. The fourth-order valence-corrected chi connectivity index (χ4v) is 3.27. The van der Waals surface area contributed by atoms with Crippen LogP contribution >= 0.6 is 0 Å². The van der Waals surface area contributed by atoms with Gasteiger partial charge in [-0.05, 0) is 31.2 Å². The molecule has 132 valence electrons. The number of benzene rings is 2. The van der Waals surface area contributed by atoms with Crippen LogP contribution in [0.3, 0.4) is 0 Å². The van der Waals surface area contributed by atoms with Crippen molar-refractivity contribution in [3.63, 3.8) is 0 Å². The first-order chi connectivity index (χ1) is 12.1. The van der Waals surface area contributed by atoms with Crippen molar-refractivity contribution in [2.75, 3.05) is 43.0 Å². The van der Waals surface area contributed by atoms with Crippen LogP contribution < -0.4 is 9.80 Å². The Balaban J connectivity index is 1.61. The lowest BCUT2D eigenvalue weighted by Crippen LogP contribution is -2.54. The van der Waals surface area contributed by atoms with Crippen molar-refractivity contribution < 1.29 is 9.18 Å². The van der Waals surface area contributed by atoms with Crippen molar-refractivity contribution in [2.45, 2.75) is 13.0 Å². The van der Waals surface area contributed by atoms with Gasteiger partial charge in [-0.15, -0.1) is 0 Å². The SMILES string of the molecule is CC(C(=O)N(C)c1ccccc1)N1CCN(c2ccccc2F)CC1. The molecule has 0 aliphatic carbocycles. The molecule has 1 aliphatic heterocycles. The van der Waals surface area contributed by atoms with Crippen LogP contribution in [0.4, 0.5) is 15.8 Å². The van der Waals surface area contributed by atoms with E-state index in [1.165, 1.54) is 6.07 Å². The van der Waals surface area contributed by atoms with Gasteiger partial charge in [0, 0.05) is 38.9 Å². The second kappa shape index (κ2) is 7.66. The lowest BCUT2D eigenvalue weighted by Gasteiger charge is -2.39. The zero-order chi connectivity index (χ0) is 17.8. The lowest BCUT2D eigenvalue weighted by molar-refractivity contribution is -0.123. The molecule has 4 nitrogen and oxygen atoms in total. The number of amides is 1. The first-order valence-corrected chi connectivity index (χ1v) is 8.64. The van der Waals surface area contributed by atoms with Crippen LogP contribution in [0.15, 0.2) is 54.6 Å². The van der Waals surface area contributed by atoms with Crippen LogP contribution in [-0.2, 0) is 4.79 Å². The number of para-hydroxylation sites is 2. The highest BCUT2D eigenvalue weighted by atomic mass is 19.1. The van der Waals surface area contributed by atoms with E-state index in [9.17, 15) is 9.18 Å². The van der Waals surface area contributed by atoms with Crippen molar-refractivity contribution in [3.05, 3.63) is 60.4 Å². The fraction of sp³-hybridized carbons (Fsp3) is 0.350. The molecule has 5 heteroatoms. The molecule has 1 atom stereocenters. The van der Waals surface area contributed by atoms with E-state index >= 15 is 0 Å². The Morgan fingerprint density at radius 2 is 1.60 bits per heavy atom. The third-order valence-electron chi connectivity index (χ3n) is 4.89. The number of piperazine rings is 1. The van der Waals surface area contributed by atoms with Crippen molar-refractivity contribution >= 4 is 17.3 Å². The Morgan fingerprint density at radius 1 is 1.00 bits per heavy atom. The van der Waals surface area contributed by atoms with Gasteiger partial charge in [-0.2, -0.15) is 0 Å². The number of carbonyl (C=O) groups is 1. The van der Waals surface area contributed by atoms with Crippen LogP contribution in [0.5, 0.6) is 0 Å². The van der Waals surface area contributed by atoms with Gasteiger partial charge in [-0.25, -0.2) is 4.39 Å². The van der Waals surface area contributed by atoms with Gasteiger partial charge in [0.25, 0.3) is 0 Å². The summed E-state index contributed by atoms with van der Waals surface area (Å²) in [7, 11) is 1.81. The molecular weight excluding hydrogens is 317 g/mol. The fourth-order valence-electron chi connectivity index (χ4n) is 3.27. The number of rotatable bonds is 4. The average molecular weight is 341 g/mol. The Hall–Kier alpha value is -2.40. The molecule has 1 aliphatic rings. The summed E-state index contributed by atoms with van der Waals surface area (Å²) in [6, 6.07) is 16.3. The summed E-state index contributed by atoms with van der Waals surface area (Å²) in [5, 5.41) is 0. The van der Waals surface area contributed by atoms with Crippen molar-refractivity contribution in [1.82, 2.24) is 4.90 Å². The normalized spacial score (nSPS) is 16.5. The molecule has 1 fully saturated rings. The monoisotopic (exact) mass is 341 g/mol. The minimum Gasteiger partial charge on any atom is -0.367 e. The molecule has 0 saturated carbocycles. The highest BCUT2D eigenvalue weighted by Gasteiger charge is 2.28. The van der Waals surface area contributed by atoms with E-state index in [0.29, 0.717) is 18.8 Å². The standard InChI is InChI=1S/C20H24FN3O/c1-16(20(25)22(2)17-8-4-3-5-9-17)23-12-14-24(15-13-23)19-11-7-6-10-18(19)21/h3-11,16H,12-15H2,1-2H3. The molecule has 2 aromatic rings. The zero-order valence-corrected chi connectivity index (χ0v) is 14.7. The Kier molecular flexibility index (Phi) is 5.34. The molecule has 0 aromatic heterocycles. The second-order valence-corrected chi connectivity index (χ2v) is 6.38. The van der Waals surface area contributed by atoms with Crippen LogP contribution in [0, 0.1) is 5.82 Å². The summed E-state index contributed by atoms with van der Waals surface area (Å²) in [5.41, 5.74) is 1.53. The molecule has 0 bridgehead atoms. The largest absolute Gasteiger partial charge is 0.367 e. The molecule has 1 amide bonds. The van der Waals surface area contributed by atoms with E-state index in [0.717, 1.165) is 18.8 Å². The summed E-state index contributed by atoms with van der Waals surface area (Å²) in [4.78, 5) is 18.7. The average Bonchev–Trinajstić information content (AvgIpc) is 2.67. The topological polar surface area (TPSA) is 26.8 Å². The van der Waals surface area contributed by atoms with Crippen molar-refractivity contribution in [2.24, 2.45) is 0 Å². The molecule has 25 heavy (non-hydrogen) atoms. The van der Waals surface area contributed by atoms with Crippen molar-refractivity contribution in [1.29, 1.82) is 0 Å². The first kappa shape index (κ1) is 17.4. The third-order valence-corrected chi connectivity index (χ3v) is 4.89. The van der Waals surface area contributed by atoms with Gasteiger partial charge < -0.3 is 9.80 Å². The van der Waals surface area contributed by atoms with Crippen LogP contribution in [0.2, 0.25) is 0 Å². The number of hydrogen-bond acceptors (Lipinski definition) is 3. The van der Waals surface area contributed by atoms with E-state index in [-0.39, 0.29) is 17.8 Å². The molecule has 1 heterocycles. The maximum Gasteiger partial charge on any atom is 0.243 e. The van der Waals surface area contributed by atoms with Crippen LogP contribution in [0.1, 0.15) is 6.92 Å². The molecule has 2 aromatic carbocycles. The zero-order valence-electron chi connectivity index (χ0n) is 14.7. The van der Waals surface area contributed by atoms with Gasteiger partial charge in [-0.1, -0.05) is 30.3 Å². The predicted molar refractivity (Wildman–Crippen MR) is 99.5 cm³/mol. The number of likely N-dealkylation sites (N-methyl/N-ethyl adjacent to an activating group) is 1. The highest BCUT2D eigenvalue weighted by molar-refractivity contribution is 5.96. The Morgan fingerprint density at radius 3 is 2.24 bits per heavy atom. The van der Waals surface area contributed by atoms with E-state index in [1.54, 1.807) is 11.0 Å². The van der Waals surface area contributed by atoms with Gasteiger partial charge in [0.05, 0.1) is 11.7 Å². The maximum absolute atomic E-state index is 13.9. The Labute approximate surface area is 148 Å². The number of halogens is 1. The summed E-state index contributed by atoms with van der Waals surface area (Å²) < 4.78 is 13.9. The van der Waals surface area contributed by atoms with Gasteiger partial charge in [-0.3, -0.25) is 9.69 Å². The highest BCUT2D eigenvalue weighted by Crippen LogP contribution is 2.21. The molecule has 3 rings (SSSR count). The number of hydrogen-bond donors (Lipinski definition) is 0. The minimum absolute atomic E-state index is 0.0746. The second-order valence-electron chi connectivity index (χ2n) is 6.38. The molecule has 0 N–H and O–H groups in total. The van der Waals surface area contributed by atoms with E-state index < -0.39 is 0 Å². The van der Waals surface area contributed by atoms with E-state index in [4.69, 9.17) is 0 Å². The molecule has 0 spiro atoms. The van der Waals surface area contributed by atoms with Gasteiger partial charge in [0.15, 0.2) is 0 Å². The summed E-state index contributed by atoms with van der Waals surface area (Å²) in [6.07, 6.45) is 0. The lowest BCUT2D eigenvalue weighted by atomic mass is 10.1. The first-order valence-electron chi connectivity index (χ1n) is 8.64. The molecule has 0 radical (unpaired) electrons. The Bertz CT molecular complexity index is 714. The van der Waals surface area contributed by atoms with Crippen LogP contribution in [-0.4, -0.2) is 50.1 Å². The van der Waals surface area contributed by atoms with Gasteiger partial charge in [0.2, 0.25) is 5.91 Å². The maximum atomic E-state index is 13.9. The summed E-state index contributed by atoms with van der Waals surface area (Å²) in [5.74, 6) is -0.116. The molecule has 1 saturated heterocycles. The number of carbonyl (C=O) groups excluding carboxylic acids is 1.